The lowest BCUT2D eigenvalue weighted by atomic mass is 9.89. The monoisotopic (exact) mass is 677 g/mol. The average Bonchev–Trinajstić information content (AvgIpc) is 3.47. The molecule has 2 aromatic heterocycles. The van der Waals surface area contributed by atoms with E-state index in [1.807, 2.05) is 24.8 Å². The summed E-state index contributed by atoms with van der Waals surface area (Å²) in [5, 5.41) is 13.0. The summed E-state index contributed by atoms with van der Waals surface area (Å²) in [4.78, 5) is 36.0. The number of hydrogen-bond donors (Lipinski definition) is 0. The molecule has 4 rings (SSSR count). The molecule has 11 nitrogen and oxygen atoms in total. The molecule has 0 radical (unpaired) electrons. The Morgan fingerprint density at radius 1 is 1.09 bits per heavy atom. The molecule has 2 aliphatic heterocycles. The second-order valence-electron chi connectivity index (χ2n) is 14.3. The number of piperazine rings is 1. The molecule has 0 N–H and O–H groups in total. The number of hydrogen-bond acceptors (Lipinski definition) is 9. The third-order valence-electron chi connectivity index (χ3n) is 8.47. The van der Waals surface area contributed by atoms with Gasteiger partial charge < -0.3 is 24.2 Å². The molecule has 0 aliphatic carbocycles. The minimum Gasteiger partial charge on any atom is -0.379 e. The van der Waals surface area contributed by atoms with E-state index in [0.29, 0.717) is 57.7 Å². The summed E-state index contributed by atoms with van der Waals surface area (Å²) < 4.78 is 55.0. The summed E-state index contributed by atoms with van der Waals surface area (Å²) in [7, 11) is -1.40. The lowest BCUT2D eigenvalue weighted by Crippen LogP contribution is -2.50. The lowest BCUT2D eigenvalue weighted by Gasteiger charge is -2.37. The van der Waals surface area contributed by atoms with E-state index in [4.69, 9.17) is 14.7 Å². The number of aromatic nitrogens is 3. The maximum absolute atomic E-state index is 14.2. The van der Waals surface area contributed by atoms with Crippen LogP contribution in [-0.4, -0.2) is 92.2 Å². The van der Waals surface area contributed by atoms with Gasteiger partial charge in [0.1, 0.15) is 24.2 Å². The van der Waals surface area contributed by atoms with Crippen molar-refractivity contribution in [1.29, 1.82) is 5.26 Å². The van der Waals surface area contributed by atoms with Gasteiger partial charge in [0.15, 0.2) is 0 Å². The number of carbonyl (C=O) groups is 1. The van der Waals surface area contributed by atoms with E-state index in [9.17, 15) is 22.8 Å². The predicted octanol–water partition coefficient (Wildman–Crippen LogP) is 4.59. The SMILES string of the molecule is CC(C)(COC[C@@H]1CCCN1c1cnn(COCC[Si](C)(C)C)c(=O)c1C(F)(F)F)CC(=O)N1CCN(c2ccc(C#N)cn2)CC1. The quantitative estimate of drug-likeness (QED) is 0.222. The number of halogens is 3. The first-order valence-electron chi connectivity index (χ1n) is 16.1. The second kappa shape index (κ2) is 15.2. The van der Waals surface area contributed by atoms with Gasteiger partial charge in [-0.3, -0.25) is 9.59 Å². The third-order valence-corrected chi connectivity index (χ3v) is 10.2. The topological polar surface area (TPSA) is 117 Å². The number of rotatable bonds is 13. The fourth-order valence-corrected chi connectivity index (χ4v) is 6.54. The molecule has 0 saturated carbocycles. The van der Waals surface area contributed by atoms with E-state index >= 15 is 0 Å². The highest BCUT2D eigenvalue weighted by molar-refractivity contribution is 6.76. The van der Waals surface area contributed by atoms with Crippen molar-refractivity contribution >= 4 is 25.5 Å². The predicted molar refractivity (Wildman–Crippen MR) is 175 cm³/mol. The largest absolute Gasteiger partial charge is 0.423 e. The Kier molecular flexibility index (Phi) is 11.7. The van der Waals surface area contributed by atoms with Crippen LogP contribution in [0.15, 0.2) is 29.3 Å². The van der Waals surface area contributed by atoms with Crippen molar-refractivity contribution in [2.75, 3.05) is 62.3 Å². The standard InChI is InChI=1S/C32H46F3N7O4Si/c1-31(2,17-28(43)40-13-11-39(12-14-40)27-9-8-24(18-36)19-37-27)22-46-21-25-7-6-10-41(25)26-20-38-42(23-45-15-16-47(3,4)5)30(44)29(26)32(33,34)35/h8-9,19-20,25H,6-7,10-17,21-23H2,1-5H3/t25-/m0/s1. The van der Waals surface area contributed by atoms with E-state index in [-0.39, 0.29) is 44.0 Å². The van der Waals surface area contributed by atoms with Gasteiger partial charge >= 0.3 is 6.18 Å². The summed E-state index contributed by atoms with van der Waals surface area (Å²) >= 11 is 0. The molecule has 0 unspecified atom stereocenters. The zero-order valence-electron chi connectivity index (χ0n) is 28.0. The summed E-state index contributed by atoms with van der Waals surface area (Å²) in [6, 6.07) is 6.05. The number of ether oxygens (including phenoxy) is 2. The maximum atomic E-state index is 14.2. The molecule has 15 heteroatoms. The molecule has 2 aliphatic rings. The van der Waals surface area contributed by atoms with Crippen molar-refractivity contribution in [2.24, 2.45) is 5.41 Å². The van der Waals surface area contributed by atoms with Crippen LogP contribution in [0.5, 0.6) is 0 Å². The van der Waals surface area contributed by atoms with Crippen LogP contribution in [0.25, 0.3) is 0 Å². The van der Waals surface area contributed by atoms with Crippen molar-refractivity contribution in [1.82, 2.24) is 19.7 Å². The van der Waals surface area contributed by atoms with Gasteiger partial charge in [-0.2, -0.15) is 23.5 Å². The van der Waals surface area contributed by atoms with Crippen LogP contribution < -0.4 is 15.4 Å². The van der Waals surface area contributed by atoms with Crippen molar-refractivity contribution in [3.8, 4) is 6.07 Å². The Balaban J connectivity index is 1.31. The molecular formula is C32H46F3N7O4Si. The van der Waals surface area contributed by atoms with Gasteiger partial charge in [-0.15, -0.1) is 0 Å². The molecule has 1 atom stereocenters. The number of alkyl halides is 3. The Hall–Kier alpha value is -3.48. The highest BCUT2D eigenvalue weighted by atomic mass is 28.3. The van der Waals surface area contributed by atoms with Crippen molar-refractivity contribution in [3.05, 3.63) is 46.0 Å². The number of amides is 1. The van der Waals surface area contributed by atoms with E-state index in [1.54, 1.807) is 11.0 Å². The number of nitrogens with zero attached hydrogens (tertiary/aromatic N) is 7. The van der Waals surface area contributed by atoms with E-state index in [0.717, 1.165) is 22.7 Å². The average molecular weight is 678 g/mol. The van der Waals surface area contributed by atoms with Crippen LogP contribution in [0.4, 0.5) is 24.7 Å². The molecule has 2 fully saturated rings. The Morgan fingerprint density at radius 3 is 2.43 bits per heavy atom. The first-order chi connectivity index (χ1) is 22.1. The molecule has 4 heterocycles. The van der Waals surface area contributed by atoms with E-state index in [1.165, 1.54) is 6.20 Å². The lowest BCUT2D eigenvalue weighted by molar-refractivity contribution is -0.139. The number of nitriles is 1. The van der Waals surface area contributed by atoms with Gasteiger partial charge in [0.05, 0.1) is 36.7 Å². The Bertz CT molecular complexity index is 1460. The Labute approximate surface area is 275 Å². The van der Waals surface area contributed by atoms with Crippen LogP contribution in [-0.2, 0) is 27.2 Å². The van der Waals surface area contributed by atoms with Gasteiger partial charge in [-0.1, -0.05) is 33.5 Å². The van der Waals surface area contributed by atoms with Crippen molar-refractivity contribution < 1.29 is 27.4 Å². The van der Waals surface area contributed by atoms with Crippen LogP contribution in [0.2, 0.25) is 25.7 Å². The highest BCUT2D eigenvalue weighted by Crippen LogP contribution is 2.37. The summed E-state index contributed by atoms with van der Waals surface area (Å²) in [6.07, 6.45) is -0.690. The number of anilines is 2. The van der Waals surface area contributed by atoms with Gasteiger partial charge in [0.25, 0.3) is 5.56 Å². The highest BCUT2D eigenvalue weighted by Gasteiger charge is 2.41. The first kappa shape index (κ1) is 36.4. The van der Waals surface area contributed by atoms with Crippen LogP contribution >= 0.6 is 0 Å². The second-order valence-corrected chi connectivity index (χ2v) is 19.9. The van der Waals surface area contributed by atoms with Crippen LogP contribution in [0, 0.1) is 16.7 Å². The molecule has 2 aromatic rings. The minimum absolute atomic E-state index is 0.0134. The normalized spacial score (nSPS) is 17.7. The summed E-state index contributed by atoms with van der Waals surface area (Å²) in [5.74, 6) is 0.784. The molecule has 1 amide bonds. The van der Waals surface area contributed by atoms with E-state index in [2.05, 4.69) is 40.7 Å². The fraction of sp³-hybridized carbons (Fsp3) is 0.656. The maximum Gasteiger partial charge on any atom is 0.423 e. The van der Waals surface area contributed by atoms with E-state index < -0.39 is 30.8 Å². The first-order valence-corrected chi connectivity index (χ1v) is 19.8. The Morgan fingerprint density at radius 2 is 1.81 bits per heavy atom. The molecule has 2 saturated heterocycles. The van der Waals surface area contributed by atoms with Gasteiger partial charge in [-0.05, 0) is 36.4 Å². The minimum atomic E-state index is -4.87. The summed E-state index contributed by atoms with van der Waals surface area (Å²) in [5.41, 5.74) is -2.70. The van der Waals surface area contributed by atoms with Gasteiger partial charge in [-0.25, -0.2) is 9.67 Å². The zero-order valence-corrected chi connectivity index (χ0v) is 29.0. The van der Waals surface area contributed by atoms with Gasteiger partial charge in [0.2, 0.25) is 5.91 Å². The third kappa shape index (κ3) is 10.0. The number of pyridine rings is 1. The molecule has 0 aromatic carbocycles. The molecule has 0 bridgehead atoms. The zero-order chi connectivity index (χ0) is 34.4. The fourth-order valence-electron chi connectivity index (χ4n) is 5.78. The molecule has 47 heavy (non-hydrogen) atoms. The molecule has 258 valence electrons. The summed E-state index contributed by atoms with van der Waals surface area (Å²) in [6.45, 7) is 13.5. The van der Waals surface area contributed by atoms with Gasteiger partial charge in [0, 0.05) is 60.0 Å². The van der Waals surface area contributed by atoms with Crippen molar-refractivity contribution in [3.63, 3.8) is 0 Å². The molecular weight excluding hydrogens is 631 g/mol. The van der Waals surface area contributed by atoms with Crippen molar-refractivity contribution in [2.45, 2.75) is 77.7 Å². The number of carbonyl (C=O) groups excluding carboxylic acids is 1. The van der Waals surface area contributed by atoms with Crippen LogP contribution in [0.3, 0.4) is 0 Å². The van der Waals surface area contributed by atoms with Crippen LogP contribution in [0.1, 0.15) is 44.2 Å². The smallest absolute Gasteiger partial charge is 0.379 e. The molecule has 0 spiro atoms.